The number of fused-ring (bicyclic) bond motifs is 1. The molecule has 1 aliphatic rings. The second-order valence-electron chi connectivity index (χ2n) is 4.86. The topological polar surface area (TPSA) is 35.2 Å². The van der Waals surface area contributed by atoms with Crippen LogP contribution in [0.15, 0.2) is 47.4 Å². The van der Waals surface area contributed by atoms with Gasteiger partial charge in [0.25, 0.3) is 0 Å². The number of rotatable bonds is 4. The molecule has 2 nitrogen and oxygen atoms in total. The molecule has 0 aromatic heterocycles. The van der Waals surface area contributed by atoms with Crippen LogP contribution in [-0.4, -0.2) is 17.3 Å². The predicted molar refractivity (Wildman–Crippen MR) is 87.7 cm³/mol. The SMILES string of the molecule is NC(=S)c1ccc(OCC2CSc3ccccc32)cc1F. The van der Waals surface area contributed by atoms with E-state index in [0.29, 0.717) is 18.3 Å². The highest BCUT2D eigenvalue weighted by molar-refractivity contribution is 7.99. The molecule has 2 N–H and O–H groups in total. The Labute approximate surface area is 132 Å². The van der Waals surface area contributed by atoms with Crippen molar-refractivity contribution < 1.29 is 9.13 Å². The summed E-state index contributed by atoms with van der Waals surface area (Å²) in [5, 5.41) is 0. The molecule has 0 spiro atoms. The van der Waals surface area contributed by atoms with Gasteiger partial charge in [-0.15, -0.1) is 11.8 Å². The highest BCUT2D eigenvalue weighted by atomic mass is 32.2. The molecule has 0 saturated heterocycles. The Hall–Kier alpha value is -1.59. The maximum Gasteiger partial charge on any atom is 0.137 e. The first-order valence-electron chi connectivity index (χ1n) is 6.59. The largest absolute Gasteiger partial charge is 0.493 e. The highest BCUT2D eigenvalue weighted by Gasteiger charge is 2.23. The van der Waals surface area contributed by atoms with Crippen molar-refractivity contribution >= 4 is 29.0 Å². The van der Waals surface area contributed by atoms with E-state index >= 15 is 0 Å². The lowest BCUT2D eigenvalue weighted by molar-refractivity contribution is 0.296. The summed E-state index contributed by atoms with van der Waals surface area (Å²) < 4.78 is 19.5. The van der Waals surface area contributed by atoms with Gasteiger partial charge in [0, 0.05) is 28.2 Å². The third-order valence-electron chi connectivity index (χ3n) is 3.46. The van der Waals surface area contributed by atoms with Crippen LogP contribution in [0.25, 0.3) is 0 Å². The molecule has 0 amide bonds. The Bertz CT molecular complexity index is 690. The smallest absolute Gasteiger partial charge is 0.137 e. The number of thiocarbonyl (C=S) groups is 1. The maximum atomic E-state index is 13.8. The molecular weight excluding hydrogens is 305 g/mol. The molecule has 1 heterocycles. The van der Waals surface area contributed by atoms with Crippen LogP contribution in [0.5, 0.6) is 5.75 Å². The fourth-order valence-electron chi connectivity index (χ4n) is 2.35. The summed E-state index contributed by atoms with van der Waals surface area (Å²) in [6.07, 6.45) is 0. The molecule has 2 aromatic rings. The van der Waals surface area contributed by atoms with E-state index in [1.807, 2.05) is 23.9 Å². The van der Waals surface area contributed by atoms with Gasteiger partial charge in [-0.05, 0) is 23.8 Å². The number of hydrogen-bond acceptors (Lipinski definition) is 3. The lowest BCUT2D eigenvalue weighted by Crippen LogP contribution is -2.13. The van der Waals surface area contributed by atoms with Gasteiger partial charge in [0.05, 0.1) is 6.61 Å². The number of thioether (sulfide) groups is 1. The van der Waals surface area contributed by atoms with Crippen LogP contribution in [0, 0.1) is 5.82 Å². The van der Waals surface area contributed by atoms with Crippen LogP contribution in [0.3, 0.4) is 0 Å². The number of hydrogen-bond donors (Lipinski definition) is 1. The Kier molecular flexibility index (Phi) is 4.12. The number of nitrogens with two attached hydrogens (primary N) is 1. The maximum absolute atomic E-state index is 13.8. The van der Waals surface area contributed by atoms with Gasteiger partial charge < -0.3 is 10.5 Å². The molecular formula is C16H14FNOS2. The molecule has 2 aromatic carbocycles. The van der Waals surface area contributed by atoms with Crippen molar-refractivity contribution in [1.29, 1.82) is 0 Å². The van der Waals surface area contributed by atoms with Crippen molar-refractivity contribution in [1.82, 2.24) is 0 Å². The van der Waals surface area contributed by atoms with E-state index in [2.05, 4.69) is 12.1 Å². The van der Waals surface area contributed by atoms with Crippen molar-refractivity contribution in [2.24, 2.45) is 5.73 Å². The van der Waals surface area contributed by atoms with Crippen LogP contribution < -0.4 is 10.5 Å². The molecule has 5 heteroatoms. The summed E-state index contributed by atoms with van der Waals surface area (Å²) in [7, 11) is 0. The van der Waals surface area contributed by atoms with Gasteiger partial charge in [0.2, 0.25) is 0 Å². The van der Waals surface area contributed by atoms with E-state index in [0.717, 1.165) is 5.75 Å². The number of halogens is 1. The van der Waals surface area contributed by atoms with Crippen LogP contribution in [0.2, 0.25) is 0 Å². The summed E-state index contributed by atoms with van der Waals surface area (Å²) in [5.74, 6) is 1.39. The van der Waals surface area contributed by atoms with E-state index in [4.69, 9.17) is 22.7 Å². The van der Waals surface area contributed by atoms with Gasteiger partial charge in [-0.3, -0.25) is 0 Å². The minimum absolute atomic E-state index is 0.0557. The van der Waals surface area contributed by atoms with E-state index in [1.165, 1.54) is 16.5 Å². The third-order valence-corrected chi connectivity index (χ3v) is 4.93. The second-order valence-corrected chi connectivity index (χ2v) is 6.36. The zero-order chi connectivity index (χ0) is 14.8. The molecule has 21 heavy (non-hydrogen) atoms. The first-order valence-corrected chi connectivity index (χ1v) is 7.98. The van der Waals surface area contributed by atoms with Gasteiger partial charge >= 0.3 is 0 Å². The lowest BCUT2D eigenvalue weighted by atomic mass is 10.0. The van der Waals surface area contributed by atoms with Crippen LogP contribution in [0.4, 0.5) is 4.39 Å². The predicted octanol–water partition coefficient (Wildman–Crippen LogP) is 3.73. The van der Waals surface area contributed by atoms with Crippen molar-refractivity contribution in [3.05, 3.63) is 59.4 Å². The Morgan fingerprint density at radius 1 is 1.33 bits per heavy atom. The molecule has 0 radical (unpaired) electrons. The van der Waals surface area contributed by atoms with Gasteiger partial charge in [-0.2, -0.15) is 0 Å². The normalized spacial score (nSPS) is 16.5. The van der Waals surface area contributed by atoms with Crippen LogP contribution in [-0.2, 0) is 0 Å². The third kappa shape index (κ3) is 3.04. The van der Waals surface area contributed by atoms with E-state index in [1.54, 1.807) is 12.1 Å². The van der Waals surface area contributed by atoms with Crippen molar-refractivity contribution in [2.75, 3.05) is 12.4 Å². The summed E-state index contributed by atoms with van der Waals surface area (Å²) in [4.78, 5) is 1.36. The Morgan fingerprint density at radius 3 is 2.90 bits per heavy atom. The lowest BCUT2D eigenvalue weighted by Gasteiger charge is -2.13. The summed E-state index contributed by atoms with van der Waals surface area (Å²) in [5.41, 5.74) is 7.00. The van der Waals surface area contributed by atoms with Crippen molar-refractivity contribution in [3.8, 4) is 5.75 Å². The van der Waals surface area contributed by atoms with Crippen molar-refractivity contribution in [3.63, 3.8) is 0 Å². The summed E-state index contributed by atoms with van der Waals surface area (Å²) >= 11 is 6.62. The molecule has 0 bridgehead atoms. The molecule has 1 atom stereocenters. The molecule has 1 unspecified atom stereocenters. The fourth-order valence-corrected chi connectivity index (χ4v) is 3.75. The van der Waals surface area contributed by atoms with E-state index in [9.17, 15) is 4.39 Å². The first-order chi connectivity index (χ1) is 10.1. The zero-order valence-corrected chi connectivity index (χ0v) is 12.8. The van der Waals surface area contributed by atoms with Gasteiger partial charge in [-0.25, -0.2) is 4.39 Å². The van der Waals surface area contributed by atoms with Crippen LogP contribution >= 0.6 is 24.0 Å². The molecule has 0 saturated carbocycles. The Balaban J connectivity index is 1.69. The zero-order valence-electron chi connectivity index (χ0n) is 11.2. The van der Waals surface area contributed by atoms with E-state index < -0.39 is 5.82 Å². The molecule has 1 aliphatic heterocycles. The van der Waals surface area contributed by atoms with Gasteiger partial charge in [0.1, 0.15) is 16.6 Å². The number of ether oxygens (including phenoxy) is 1. The van der Waals surface area contributed by atoms with E-state index in [-0.39, 0.29) is 10.6 Å². The van der Waals surface area contributed by atoms with Crippen LogP contribution in [0.1, 0.15) is 17.0 Å². The average Bonchev–Trinajstić information content (AvgIpc) is 2.88. The molecule has 0 aliphatic carbocycles. The molecule has 3 rings (SSSR count). The number of benzene rings is 2. The highest BCUT2D eigenvalue weighted by Crippen LogP contribution is 2.39. The first kappa shape index (κ1) is 14.4. The molecule has 0 fully saturated rings. The Morgan fingerprint density at radius 2 is 2.14 bits per heavy atom. The summed E-state index contributed by atoms with van der Waals surface area (Å²) in [6.45, 7) is 0.538. The monoisotopic (exact) mass is 319 g/mol. The summed E-state index contributed by atoms with van der Waals surface area (Å²) in [6, 6.07) is 12.9. The van der Waals surface area contributed by atoms with Gasteiger partial charge in [-0.1, -0.05) is 30.4 Å². The van der Waals surface area contributed by atoms with Gasteiger partial charge in [0.15, 0.2) is 0 Å². The second kappa shape index (κ2) is 6.03. The minimum Gasteiger partial charge on any atom is -0.493 e. The standard InChI is InChI=1S/C16H14FNOS2/c17-14-7-11(5-6-13(14)16(18)20)19-8-10-9-21-15-4-2-1-3-12(10)15/h1-7,10H,8-9H2,(H2,18,20). The average molecular weight is 319 g/mol. The van der Waals surface area contributed by atoms with Crippen molar-refractivity contribution in [2.45, 2.75) is 10.8 Å². The molecule has 108 valence electrons. The quantitative estimate of drug-likeness (QED) is 0.871. The fraction of sp³-hybridized carbons (Fsp3) is 0.188. The minimum atomic E-state index is -0.443.